The van der Waals surface area contributed by atoms with Gasteiger partial charge in [-0.25, -0.2) is 0 Å². The van der Waals surface area contributed by atoms with Gasteiger partial charge in [-0.2, -0.15) is 0 Å². The van der Waals surface area contributed by atoms with Gasteiger partial charge in [0.15, 0.2) is 0 Å². The minimum absolute atomic E-state index is 0.147. The summed E-state index contributed by atoms with van der Waals surface area (Å²) in [7, 11) is 1.72. The average molecular weight is 186 g/mol. The Hall–Kier alpha value is -0.120. The van der Waals surface area contributed by atoms with Crippen LogP contribution in [0.25, 0.3) is 0 Å². The first-order chi connectivity index (χ1) is 6.24. The quantitative estimate of drug-likeness (QED) is 0.645. The Balaban J connectivity index is 2.03. The van der Waals surface area contributed by atoms with Crippen LogP contribution in [0.15, 0.2) is 0 Å². The number of fused-ring (bicyclic) bond motifs is 1. The van der Waals surface area contributed by atoms with E-state index in [0.29, 0.717) is 18.4 Å². The van der Waals surface area contributed by atoms with Crippen molar-refractivity contribution >= 4 is 0 Å². The third kappa shape index (κ3) is 1.49. The Morgan fingerprint density at radius 3 is 2.46 bits per heavy atom. The van der Waals surface area contributed by atoms with Gasteiger partial charge in [0.05, 0.1) is 19.3 Å². The Kier molecular flexibility index (Phi) is 2.58. The third-order valence-corrected chi connectivity index (χ3v) is 3.21. The minimum atomic E-state index is 0.147. The first kappa shape index (κ1) is 9.44. The fourth-order valence-electron chi connectivity index (χ4n) is 2.27. The van der Waals surface area contributed by atoms with Crippen molar-refractivity contribution in [3.8, 4) is 0 Å². The summed E-state index contributed by atoms with van der Waals surface area (Å²) in [5.74, 6) is 1.18. The molecule has 0 amide bonds. The van der Waals surface area contributed by atoms with Crippen molar-refractivity contribution in [3.63, 3.8) is 0 Å². The molecule has 0 N–H and O–H groups in total. The predicted molar refractivity (Wildman–Crippen MR) is 48.6 cm³/mol. The van der Waals surface area contributed by atoms with Gasteiger partial charge in [0.1, 0.15) is 12.2 Å². The van der Waals surface area contributed by atoms with Crippen LogP contribution in [0.5, 0.6) is 0 Å². The highest BCUT2D eigenvalue weighted by atomic mass is 16.6. The van der Waals surface area contributed by atoms with Gasteiger partial charge in [0, 0.05) is 13.0 Å². The Bertz CT molecular complexity index is 181. The zero-order valence-electron chi connectivity index (χ0n) is 8.53. The molecule has 0 saturated carbocycles. The van der Waals surface area contributed by atoms with Crippen molar-refractivity contribution in [2.45, 2.75) is 32.2 Å². The van der Waals surface area contributed by atoms with E-state index in [1.165, 1.54) is 0 Å². The summed E-state index contributed by atoms with van der Waals surface area (Å²) in [6, 6.07) is 0. The first-order valence-electron chi connectivity index (χ1n) is 5.00. The molecular formula is C10H18O3. The van der Waals surface area contributed by atoms with Crippen molar-refractivity contribution < 1.29 is 14.2 Å². The fourth-order valence-corrected chi connectivity index (χ4v) is 2.27. The molecule has 2 fully saturated rings. The molecule has 2 aliphatic rings. The van der Waals surface area contributed by atoms with Gasteiger partial charge >= 0.3 is 0 Å². The molecule has 0 aliphatic carbocycles. The van der Waals surface area contributed by atoms with Gasteiger partial charge in [-0.05, 0) is 5.92 Å². The Morgan fingerprint density at radius 1 is 1.15 bits per heavy atom. The van der Waals surface area contributed by atoms with Crippen LogP contribution in [0.3, 0.4) is 0 Å². The number of ether oxygens (including phenoxy) is 3. The number of hydrogen-bond acceptors (Lipinski definition) is 3. The number of rotatable bonds is 2. The van der Waals surface area contributed by atoms with Gasteiger partial charge in [0.25, 0.3) is 0 Å². The average Bonchev–Trinajstić information content (AvgIpc) is 2.61. The maximum atomic E-state index is 5.70. The topological polar surface area (TPSA) is 27.7 Å². The van der Waals surface area contributed by atoms with Gasteiger partial charge in [0.2, 0.25) is 0 Å². The van der Waals surface area contributed by atoms with Crippen molar-refractivity contribution in [1.29, 1.82) is 0 Å². The standard InChI is InChI=1S/C10H18O3/c1-6(2)7-4-12-10-8(11-3)5-13-9(7)10/h6-10H,4-5H2,1-3H3/t7-,8-,9-,10-/m1/s1. The van der Waals surface area contributed by atoms with Gasteiger partial charge in [-0.15, -0.1) is 0 Å². The zero-order chi connectivity index (χ0) is 9.42. The molecule has 13 heavy (non-hydrogen) atoms. The SMILES string of the molecule is CO[C@@H]1CO[C@H]2[C@@H]1OC[C@@H]2C(C)C. The molecule has 2 saturated heterocycles. The van der Waals surface area contributed by atoms with Gasteiger partial charge in [-0.3, -0.25) is 0 Å². The lowest BCUT2D eigenvalue weighted by Crippen LogP contribution is -2.31. The van der Waals surface area contributed by atoms with E-state index in [0.717, 1.165) is 6.61 Å². The normalized spacial score (nSPS) is 44.3. The van der Waals surface area contributed by atoms with Crippen LogP contribution in [-0.2, 0) is 14.2 Å². The second-order valence-corrected chi connectivity index (χ2v) is 4.28. The van der Waals surface area contributed by atoms with E-state index < -0.39 is 0 Å². The van der Waals surface area contributed by atoms with E-state index in [9.17, 15) is 0 Å². The van der Waals surface area contributed by atoms with Crippen LogP contribution in [0.2, 0.25) is 0 Å². The highest BCUT2D eigenvalue weighted by Crippen LogP contribution is 2.35. The molecule has 4 atom stereocenters. The molecule has 76 valence electrons. The van der Waals surface area contributed by atoms with Crippen LogP contribution in [0, 0.1) is 11.8 Å². The van der Waals surface area contributed by atoms with Crippen LogP contribution in [0.1, 0.15) is 13.8 Å². The molecule has 3 nitrogen and oxygen atoms in total. The van der Waals surface area contributed by atoms with Gasteiger partial charge in [-0.1, -0.05) is 13.8 Å². The molecular weight excluding hydrogens is 168 g/mol. The molecule has 2 rings (SSSR count). The summed E-state index contributed by atoms with van der Waals surface area (Å²) in [4.78, 5) is 0. The summed E-state index contributed by atoms with van der Waals surface area (Å²) in [5, 5.41) is 0. The lowest BCUT2D eigenvalue weighted by molar-refractivity contribution is -0.0104. The maximum absolute atomic E-state index is 5.70. The molecule has 0 unspecified atom stereocenters. The molecule has 3 heteroatoms. The second-order valence-electron chi connectivity index (χ2n) is 4.28. The highest BCUT2D eigenvalue weighted by molar-refractivity contribution is 4.95. The van der Waals surface area contributed by atoms with Gasteiger partial charge < -0.3 is 14.2 Å². The van der Waals surface area contributed by atoms with Crippen LogP contribution in [-0.4, -0.2) is 38.6 Å². The lowest BCUT2D eigenvalue weighted by Gasteiger charge is -2.18. The Morgan fingerprint density at radius 2 is 1.85 bits per heavy atom. The van der Waals surface area contributed by atoms with E-state index in [4.69, 9.17) is 14.2 Å². The van der Waals surface area contributed by atoms with Crippen LogP contribution < -0.4 is 0 Å². The summed E-state index contributed by atoms with van der Waals surface area (Å²) in [5.41, 5.74) is 0. The number of methoxy groups -OCH3 is 1. The largest absolute Gasteiger partial charge is 0.376 e. The smallest absolute Gasteiger partial charge is 0.112 e. The van der Waals surface area contributed by atoms with Crippen molar-refractivity contribution in [2.24, 2.45) is 11.8 Å². The molecule has 0 bridgehead atoms. The first-order valence-corrected chi connectivity index (χ1v) is 5.00. The zero-order valence-corrected chi connectivity index (χ0v) is 8.53. The van der Waals surface area contributed by atoms with Crippen LogP contribution in [0.4, 0.5) is 0 Å². The summed E-state index contributed by atoms with van der Waals surface area (Å²) < 4.78 is 16.7. The molecule has 0 aromatic rings. The van der Waals surface area contributed by atoms with E-state index in [1.807, 2.05) is 0 Å². The van der Waals surface area contributed by atoms with E-state index >= 15 is 0 Å². The molecule has 0 aromatic heterocycles. The third-order valence-electron chi connectivity index (χ3n) is 3.21. The highest BCUT2D eigenvalue weighted by Gasteiger charge is 2.48. The van der Waals surface area contributed by atoms with E-state index in [1.54, 1.807) is 7.11 Å². The lowest BCUT2D eigenvalue weighted by atomic mass is 9.90. The monoisotopic (exact) mass is 186 g/mol. The molecule has 0 aromatic carbocycles. The molecule has 0 spiro atoms. The maximum Gasteiger partial charge on any atom is 0.112 e. The van der Waals surface area contributed by atoms with E-state index in [-0.39, 0.29) is 18.3 Å². The molecule has 2 heterocycles. The summed E-state index contributed by atoms with van der Waals surface area (Å²) >= 11 is 0. The number of hydrogen-bond donors (Lipinski definition) is 0. The fraction of sp³-hybridized carbons (Fsp3) is 1.00. The summed E-state index contributed by atoms with van der Waals surface area (Å²) in [6.45, 7) is 5.96. The Labute approximate surface area is 79.4 Å². The van der Waals surface area contributed by atoms with Crippen molar-refractivity contribution in [2.75, 3.05) is 20.3 Å². The molecule has 2 aliphatic heterocycles. The molecule has 0 radical (unpaired) electrons. The minimum Gasteiger partial charge on any atom is -0.376 e. The van der Waals surface area contributed by atoms with E-state index in [2.05, 4.69) is 13.8 Å². The van der Waals surface area contributed by atoms with Crippen molar-refractivity contribution in [1.82, 2.24) is 0 Å². The van der Waals surface area contributed by atoms with Crippen LogP contribution >= 0.6 is 0 Å². The summed E-state index contributed by atoms with van der Waals surface area (Å²) in [6.07, 6.45) is 0.594. The second kappa shape index (κ2) is 3.56. The van der Waals surface area contributed by atoms with Crippen molar-refractivity contribution in [3.05, 3.63) is 0 Å². The predicted octanol–water partition coefficient (Wildman–Crippen LogP) is 1.07.